The van der Waals surface area contributed by atoms with E-state index in [1.807, 2.05) is 18.4 Å². The first kappa shape index (κ1) is 13.2. The van der Waals surface area contributed by atoms with Gasteiger partial charge in [0.2, 0.25) is 0 Å². The zero-order chi connectivity index (χ0) is 13.0. The molecule has 0 saturated heterocycles. The first-order chi connectivity index (χ1) is 8.65. The Hall–Kier alpha value is -1.19. The van der Waals surface area contributed by atoms with Crippen LogP contribution in [0.4, 0.5) is 4.39 Å². The van der Waals surface area contributed by atoms with Gasteiger partial charge in [-0.15, -0.1) is 0 Å². The molecule has 0 amide bonds. The monoisotopic (exact) mass is 264 g/mol. The van der Waals surface area contributed by atoms with E-state index in [2.05, 4.69) is 5.38 Å². The molecule has 0 radical (unpaired) electrons. The number of aliphatic hydroxyl groups is 1. The van der Waals surface area contributed by atoms with Crippen LogP contribution >= 0.6 is 11.3 Å². The summed E-state index contributed by atoms with van der Waals surface area (Å²) in [5.74, 6) is -0.327. The molecule has 1 N–H and O–H groups in total. The molecular formula is C15H17FOS. The normalized spacial score (nSPS) is 14.4. The fourth-order valence-corrected chi connectivity index (χ4v) is 2.83. The molecule has 0 aliphatic rings. The van der Waals surface area contributed by atoms with Gasteiger partial charge in [0.25, 0.3) is 0 Å². The maximum atomic E-state index is 13.8. The molecule has 2 aromatic rings. The van der Waals surface area contributed by atoms with Gasteiger partial charge in [-0.2, -0.15) is 11.3 Å². The van der Waals surface area contributed by atoms with E-state index in [4.69, 9.17) is 0 Å². The van der Waals surface area contributed by atoms with Crippen LogP contribution in [0.15, 0.2) is 41.1 Å². The number of hydrogen-bond donors (Lipinski definition) is 1. The van der Waals surface area contributed by atoms with E-state index in [9.17, 15) is 9.50 Å². The van der Waals surface area contributed by atoms with Crippen LogP contribution in [0.1, 0.15) is 30.9 Å². The second-order valence-electron chi connectivity index (χ2n) is 4.50. The summed E-state index contributed by atoms with van der Waals surface area (Å²) in [5.41, 5.74) is 0.527. The minimum Gasteiger partial charge on any atom is -0.385 e. The highest BCUT2D eigenvalue weighted by Crippen LogP contribution is 2.32. The zero-order valence-electron chi connectivity index (χ0n) is 10.4. The molecule has 1 heterocycles. The fraction of sp³-hybridized carbons (Fsp3) is 0.333. The second-order valence-corrected chi connectivity index (χ2v) is 5.28. The van der Waals surface area contributed by atoms with Crippen LogP contribution in [0.5, 0.6) is 0 Å². The van der Waals surface area contributed by atoms with Crippen molar-refractivity contribution in [3.05, 3.63) is 58.0 Å². The maximum absolute atomic E-state index is 13.8. The molecule has 1 aromatic heterocycles. The molecule has 0 saturated carbocycles. The lowest BCUT2D eigenvalue weighted by Crippen LogP contribution is -2.26. The molecule has 0 bridgehead atoms. The summed E-state index contributed by atoms with van der Waals surface area (Å²) < 4.78 is 13.8. The van der Waals surface area contributed by atoms with Crippen molar-refractivity contribution in [2.24, 2.45) is 0 Å². The number of hydrogen-bond acceptors (Lipinski definition) is 2. The van der Waals surface area contributed by atoms with Crippen molar-refractivity contribution in [3.8, 4) is 0 Å². The predicted octanol–water partition coefficient (Wildman–Crippen LogP) is 4.12. The third kappa shape index (κ3) is 2.79. The van der Waals surface area contributed by atoms with Crippen molar-refractivity contribution in [2.75, 3.05) is 0 Å². The Morgan fingerprint density at radius 3 is 2.67 bits per heavy atom. The van der Waals surface area contributed by atoms with Gasteiger partial charge in [0.1, 0.15) is 5.82 Å². The van der Waals surface area contributed by atoms with Crippen LogP contribution in [0, 0.1) is 5.82 Å². The predicted molar refractivity (Wildman–Crippen MR) is 73.2 cm³/mol. The van der Waals surface area contributed by atoms with Gasteiger partial charge >= 0.3 is 0 Å². The van der Waals surface area contributed by atoms with Crippen LogP contribution in [-0.4, -0.2) is 5.11 Å². The number of benzene rings is 1. The molecular weight excluding hydrogens is 247 g/mol. The summed E-state index contributed by atoms with van der Waals surface area (Å²) in [6, 6.07) is 8.53. The SMILES string of the molecule is CCC(O)(CCc1ccsc1)c1ccccc1F. The molecule has 18 heavy (non-hydrogen) atoms. The third-order valence-corrected chi connectivity index (χ3v) is 4.10. The average molecular weight is 264 g/mol. The summed E-state index contributed by atoms with van der Waals surface area (Å²) >= 11 is 1.64. The van der Waals surface area contributed by atoms with Gasteiger partial charge in [0, 0.05) is 5.56 Å². The van der Waals surface area contributed by atoms with Gasteiger partial charge in [-0.3, -0.25) is 0 Å². The minimum atomic E-state index is -1.08. The Morgan fingerprint density at radius 2 is 2.06 bits per heavy atom. The number of thiophene rings is 1. The van der Waals surface area contributed by atoms with Crippen molar-refractivity contribution >= 4 is 11.3 Å². The Labute approximate surface area is 111 Å². The van der Waals surface area contributed by atoms with E-state index >= 15 is 0 Å². The quantitative estimate of drug-likeness (QED) is 0.861. The largest absolute Gasteiger partial charge is 0.385 e. The highest BCUT2D eigenvalue weighted by Gasteiger charge is 2.29. The van der Waals surface area contributed by atoms with E-state index in [0.29, 0.717) is 18.4 Å². The molecule has 0 spiro atoms. The Kier molecular flexibility index (Phi) is 4.15. The van der Waals surface area contributed by atoms with Crippen molar-refractivity contribution in [3.63, 3.8) is 0 Å². The van der Waals surface area contributed by atoms with E-state index < -0.39 is 5.60 Å². The van der Waals surface area contributed by atoms with Crippen molar-refractivity contribution in [1.29, 1.82) is 0 Å². The van der Waals surface area contributed by atoms with Crippen molar-refractivity contribution in [2.45, 2.75) is 31.8 Å². The van der Waals surface area contributed by atoms with Gasteiger partial charge < -0.3 is 5.11 Å². The molecule has 1 nitrogen and oxygen atoms in total. The van der Waals surface area contributed by atoms with Crippen LogP contribution in [0.2, 0.25) is 0 Å². The van der Waals surface area contributed by atoms with Gasteiger partial charge in [0.05, 0.1) is 5.60 Å². The van der Waals surface area contributed by atoms with Gasteiger partial charge in [-0.1, -0.05) is 25.1 Å². The Morgan fingerprint density at radius 1 is 1.28 bits per heavy atom. The summed E-state index contributed by atoms with van der Waals surface area (Å²) in [4.78, 5) is 0. The van der Waals surface area contributed by atoms with Crippen molar-refractivity contribution < 1.29 is 9.50 Å². The summed E-state index contributed by atoms with van der Waals surface area (Å²) in [6.45, 7) is 1.89. The topological polar surface area (TPSA) is 20.2 Å². The number of aryl methyl sites for hydroxylation is 1. The van der Waals surface area contributed by atoms with Crippen LogP contribution in [0.3, 0.4) is 0 Å². The first-order valence-corrected chi connectivity index (χ1v) is 7.08. The minimum absolute atomic E-state index is 0.327. The zero-order valence-corrected chi connectivity index (χ0v) is 11.2. The lowest BCUT2D eigenvalue weighted by atomic mass is 9.85. The summed E-state index contributed by atoms with van der Waals surface area (Å²) in [7, 11) is 0. The van der Waals surface area contributed by atoms with E-state index in [1.54, 1.807) is 29.5 Å². The van der Waals surface area contributed by atoms with Crippen LogP contribution < -0.4 is 0 Å². The fourth-order valence-electron chi connectivity index (χ4n) is 2.13. The smallest absolute Gasteiger partial charge is 0.129 e. The van der Waals surface area contributed by atoms with Gasteiger partial charge in [-0.05, 0) is 47.7 Å². The molecule has 0 fully saturated rings. The number of rotatable bonds is 5. The van der Waals surface area contributed by atoms with Gasteiger partial charge in [-0.25, -0.2) is 4.39 Å². The lowest BCUT2D eigenvalue weighted by Gasteiger charge is -2.27. The highest BCUT2D eigenvalue weighted by molar-refractivity contribution is 7.07. The first-order valence-electron chi connectivity index (χ1n) is 6.14. The molecule has 1 aromatic carbocycles. The maximum Gasteiger partial charge on any atom is 0.129 e. The molecule has 1 unspecified atom stereocenters. The Balaban J connectivity index is 2.17. The summed E-state index contributed by atoms with van der Waals surface area (Å²) in [6.07, 6.45) is 1.82. The summed E-state index contributed by atoms with van der Waals surface area (Å²) in [5, 5.41) is 14.7. The molecule has 0 aliphatic heterocycles. The van der Waals surface area contributed by atoms with Crippen molar-refractivity contribution in [1.82, 2.24) is 0 Å². The third-order valence-electron chi connectivity index (χ3n) is 3.37. The molecule has 96 valence electrons. The van der Waals surface area contributed by atoms with E-state index in [-0.39, 0.29) is 5.82 Å². The molecule has 1 atom stereocenters. The van der Waals surface area contributed by atoms with E-state index in [0.717, 1.165) is 6.42 Å². The second kappa shape index (κ2) is 5.63. The Bertz CT molecular complexity index is 495. The number of halogens is 1. The van der Waals surface area contributed by atoms with E-state index in [1.165, 1.54) is 11.6 Å². The van der Waals surface area contributed by atoms with Crippen LogP contribution in [-0.2, 0) is 12.0 Å². The molecule has 0 aliphatic carbocycles. The highest BCUT2D eigenvalue weighted by atomic mass is 32.1. The van der Waals surface area contributed by atoms with Gasteiger partial charge in [0.15, 0.2) is 0 Å². The van der Waals surface area contributed by atoms with Crippen LogP contribution in [0.25, 0.3) is 0 Å². The molecule has 3 heteroatoms. The average Bonchev–Trinajstić information content (AvgIpc) is 2.90. The molecule has 2 rings (SSSR count). The standard InChI is InChI=1S/C15H17FOS/c1-2-15(17,9-7-12-8-10-18-11-12)13-5-3-4-6-14(13)16/h3-6,8,10-11,17H,2,7,9H2,1H3. The lowest BCUT2D eigenvalue weighted by molar-refractivity contribution is 0.0202.